The third-order valence-corrected chi connectivity index (χ3v) is 6.19. The highest BCUT2D eigenvalue weighted by Gasteiger charge is 2.26. The Morgan fingerprint density at radius 1 is 1.00 bits per heavy atom. The fraction of sp³-hybridized carbons (Fsp3) is 0.522. The summed E-state index contributed by atoms with van der Waals surface area (Å²) < 4.78 is 5.42. The quantitative estimate of drug-likeness (QED) is 0.801. The molecular formula is C23H31N3O2. The monoisotopic (exact) mass is 381 g/mol. The van der Waals surface area contributed by atoms with Crippen LogP contribution in [0.4, 0.5) is 0 Å². The van der Waals surface area contributed by atoms with Gasteiger partial charge in [0.2, 0.25) is 5.91 Å². The number of rotatable bonds is 7. The Bertz CT molecular complexity index is 724. The number of furan rings is 1. The molecule has 0 bridgehead atoms. The number of hydrogen-bond donors (Lipinski definition) is 1. The van der Waals surface area contributed by atoms with Gasteiger partial charge < -0.3 is 14.6 Å². The first-order chi connectivity index (χ1) is 13.8. The summed E-state index contributed by atoms with van der Waals surface area (Å²) in [5.41, 5.74) is 1.44. The van der Waals surface area contributed by atoms with E-state index >= 15 is 0 Å². The Balaban J connectivity index is 1.13. The zero-order valence-corrected chi connectivity index (χ0v) is 16.6. The molecular weight excluding hydrogens is 350 g/mol. The van der Waals surface area contributed by atoms with Gasteiger partial charge in [-0.1, -0.05) is 30.3 Å². The van der Waals surface area contributed by atoms with E-state index in [1.54, 1.807) is 6.26 Å². The fourth-order valence-electron chi connectivity index (χ4n) is 4.49. The summed E-state index contributed by atoms with van der Waals surface area (Å²) in [5.74, 6) is 2.03. The van der Waals surface area contributed by atoms with Crippen molar-refractivity contribution in [3.8, 4) is 0 Å². The van der Waals surface area contributed by atoms with Gasteiger partial charge in [0.05, 0.1) is 12.8 Å². The van der Waals surface area contributed by atoms with Gasteiger partial charge in [0, 0.05) is 25.6 Å². The summed E-state index contributed by atoms with van der Waals surface area (Å²) >= 11 is 0. The highest BCUT2D eigenvalue weighted by molar-refractivity contribution is 5.78. The maximum atomic E-state index is 12.5. The van der Waals surface area contributed by atoms with Crippen molar-refractivity contribution in [2.45, 2.75) is 31.7 Å². The third kappa shape index (κ3) is 5.03. The normalized spacial score (nSPS) is 21.8. The molecule has 1 N–H and O–H groups in total. The molecule has 2 aliphatic heterocycles. The summed E-state index contributed by atoms with van der Waals surface area (Å²) in [6.45, 7) is 6.71. The lowest BCUT2D eigenvalue weighted by Crippen LogP contribution is -2.42. The van der Waals surface area contributed by atoms with Crippen molar-refractivity contribution in [1.29, 1.82) is 0 Å². The lowest BCUT2D eigenvalue weighted by atomic mass is 9.96. The lowest BCUT2D eigenvalue weighted by Gasteiger charge is -2.30. The van der Waals surface area contributed by atoms with Crippen LogP contribution >= 0.6 is 0 Å². The molecule has 0 saturated carbocycles. The van der Waals surface area contributed by atoms with Crippen LogP contribution in [0.1, 0.15) is 36.5 Å². The van der Waals surface area contributed by atoms with Gasteiger partial charge in [0.15, 0.2) is 0 Å². The van der Waals surface area contributed by atoms with Crippen LogP contribution in [0.2, 0.25) is 0 Å². The average Bonchev–Trinajstić information content (AvgIpc) is 3.41. The van der Waals surface area contributed by atoms with Crippen molar-refractivity contribution >= 4 is 5.91 Å². The van der Waals surface area contributed by atoms with Gasteiger partial charge in [0.1, 0.15) is 5.76 Å². The van der Waals surface area contributed by atoms with Crippen LogP contribution in [0.15, 0.2) is 53.1 Å². The minimum atomic E-state index is 0.156. The molecule has 1 unspecified atom stereocenters. The Labute approximate surface area is 167 Å². The van der Waals surface area contributed by atoms with E-state index in [0.29, 0.717) is 5.92 Å². The number of amides is 1. The number of carbonyl (C=O) groups excluding carboxylic acids is 1. The Hall–Kier alpha value is -2.11. The van der Waals surface area contributed by atoms with Crippen molar-refractivity contribution < 1.29 is 9.21 Å². The summed E-state index contributed by atoms with van der Waals surface area (Å²) in [5, 5.41) is 3.18. The molecule has 2 aromatic rings. The molecule has 28 heavy (non-hydrogen) atoms. The SMILES string of the molecule is O=C(NCCN1CCC(c2ccccc2)C1)C1CCN(Cc2ccco2)CC1. The van der Waals surface area contributed by atoms with Gasteiger partial charge in [-0.2, -0.15) is 0 Å². The molecule has 0 spiro atoms. The largest absolute Gasteiger partial charge is 0.468 e. The molecule has 1 aromatic heterocycles. The molecule has 1 amide bonds. The molecule has 3 heterocycles. The summed E-state index contributed by atoms with van der Waals surface area (Å²) in [6, 6.07) is 14.7. The van der Waals surface area contributed by atoms with Crippen LogP contribution in [0, 0.1) is 5.92 Å². The predicted octanol–water partition coefficient (Wildman–Crippen LogP) is 3.10. The second-order valence-electron chi connectivity index (χ2n) is 8.12. The lowest BCUT2D eigenvalue weighted by molar-refractivity contribution is -0.126. The molecule has 5 nitrogen and oxygen atoms in total. The Kier molecular flexibility index (Phi) is 6.45. The van der Waals surface area contributed by atoms with Gasteiger partial charge in [-0.3, -0.25) is 9.69 Å². The molecule has 5 heteroatoms. The summed E-state index contributed by atoms with van der Waals surface area (Å²) in [6.07, 6.45) is 4.81. The Morgan fingerprint density at radius 3 is 2.54 bits per heavy atom. The van der Waals surface area contributed by atoms with E-state index in [4.69, 9.17) is 4.42 Å². The molecule has 2 saturated heterocycles. The predicted molar refractivity (Wildman–Crippen MR) is 110 cm³/mol. The van der Waals surface area contributed by atoms with Gasteiger partial charge >= 0.3 is 0 Å². The number of piperidine rings is 1. The van der Waals surface area contributed by atoms with E-state index < -0.39 is 0 Å². The van der Waals surface area contributed by atoms with Gasteiger partial charge in [-0.15, -0.1) is 0 Å². The fourth-order valence-corrected chi connectivity index (χ4v) is 4.49. The average molecular weight is 382 g/mol. The first-order valence-electron chi connectivity index (χ1n) is 10.6. The summed E-state index contributed by atoms with van der Waals surface area (Å²) in [7, 11) is 0. The molecule has 1 atom stereocenters. The third-order valence-electron chi connectivity index (χ3n) is 6.19. The highest BCUT2D eigenvalue weighted by atomic mass is 16.3. The second kappa shape index (κ2) is 9.39. The van der Waals surface area contributed by atoms with Gasteiger partial charge in [-0.05, 0) is 62.5 Å². The highest BCUT2D eigenvalue weighted by Crippen LogP contribution is 2.26. The van der Waals surface area contributed by atoms with E-state index in [1.165, 1.54) is 12.0 Å². The number of nitrogens with one attached hydrogen (secondary N) is 1. The van der Waals surface area contributed by atoms with Crippen molar-refractivity contribution in [3.63, 3.8) is 0 Å². The topological polar surface area (TPSA) is 48.7 Å². The molecule has 2 fully saturated rings. The molecule has 2 aliphatic rings. The van der Waals surface area contributed by atoms with E-state index in [9.17, 15) is 4.79 Å². The molecule has 0 aliphatic carbocycles. The standard InChI is InChI=1S/C23H31N3O2/c27-23(20-8-12-25(13-9-20)18-22-7-4-16-28-22)24-11-15-26-14-10-21(17-26)19-5-2-1-3-6-19/h1-7,16,20-21H,8-15,17-18H2,(H,24,27). The van der Waals surface area contributed by atoms with Crippen molar-refractivity contribution in [2.75, 3.05) is 39.3 Å². The molecule has 4 rings (SSSR count). The molecule has 150 valence electrons. The number of hydrogen-bond acceptors (Lipinski definition) is 4. The van der Waals surface area contributed by atoms with E-state index in [0.717, 1.165) is 64.4 Å². The van der Waals surface area contributed by atoms with Crippen LogP contribution < -0.4 is 5.32 Å². The van der Waals surface area contributed by atoms with Gasteiger partial charge in [-0.25, -0.2) is 0 Å². The van der Waals surface area contributed by atoms with E-state index in [-0.39, 0.29) is 11.8 Å². The van der Waals surface area contributed by atoms with Crippen LogP contribution in [-0.4, -0.2) is 55.0 Å². The summed E-state index contributed by atoms with van der Waals surface area (Å²) in [4.78, 5) is 17.4. The van der Waals surface area contributed by atoms with Crippen molar-refractivity contribution in [3.05, 3.63) is 60.1 Å². The maximum absolute atomic E-state index is 12.5. The minimum Gasteiger partial charge on any atom is -0.468 e. The van der Waals surface area contributed by atoms with Crippen LogP contribution in [0.5, 0.6) is 0 Å². The van der Waals surface area contributed by atoms with Gasteiger partial charge in [0.25, 0.3) is 0 Å². The Morgan fingerprint density at radius 2 is 1.79 bits per heavy atom. The van der Waals surface area contributed by atoms with Crippen molar-refractivity contribution in [2.24, 2.45) is 5.92 Å². The molecule has 1 aromatic carbocycles. The van der Waals surface area contributed by atoms with E-state index in [1.807, 2.05) is 12.1 Å². The number of benzene rings is 1. The van der Waals surface area contributed by atoms with Crippen LogP contribution in [0.3, 0.4) is 0 Å². The van der Waals surface area contributed by atoms with E-state index in [2.05, 4.69) is 45.4 Å². The van der Waals surface area contributed by atoms with Crippen LogP contribution in [-0.2, 0) is 11.3 Å². The first-order valence-corrected chi connectivity index (χ1v) is 10.6. The maximum Gasteiger partial charge on any atom is 0.223 e. The smallest absolute Gasteiger partial charge is 0.223 e. The number of nitrogens with zero attached hydrogens (tertiary/aromatic N) is 2. The second-order valence-corrected chi connectivity index (χ2v) is 8.12. The van der Waals surface area contributed by atoms with Crippen LogP contribution in [0.25, 0.3) is 0 Å². The minimum absolute atomic E-state index is 0.156. The first kappa shape index (κ1) is 19.2. The van der Waals surface area contributed by atoms with Crippen molar-refractivity contribution in [1.82, 2.24) is 15.1 Å². The zero-order valence-electron chi connectivity index (χ0n) is 16.6. The molecule has 0 radical (unpaired) electrons. The number of carbonyl (C=O) groups is 1. The zero-order chi connectivity index (χ0) is 19.2. The number of likely N-dealkylation sites (tertiary alicyclic amines) is 2.